The Morgan fingerprint density at radius 1 is 1.06 bits per heavy atom. The van der Waals surface area contributed by atoms with Crippen LogP contribution in [0.15, 0.2) is 30.5 Å². The van der Waals surface area contributed by atoms with Gasteiger partial charge in [0.25, 0.3) is 0 Å². The second-order valence-electron chi connectivity index (χ2n) is 3.98. The summed E-state index contributed by atoms with van der Waals surface area (Å²) in [5, 5.41) is 12.8. The quantitative estimate of drug-likeness (QED) is 0.869. The molecule has 1 N–H and O–H groups in total. The number of anilines is 1. The van der Waals surface area contributed by atoms with E-state index in [1.165, 1.54) is 11.1 Å². The highest BCUT2D eigenvalue weighted by atomic mass is 35.5. The fourth-order valence-corrected chi connectivity index (χ4v) is 2.15. The molecule has 0 radical (unpaired) electrons. The molecule has 0 amide bonds. The van der Waals surface area contributed by atoms with Gasteiger partial charge in [-0.3, -0.25) is 0 Å². The zero-order valence-electron chi connectivity index (χ0n) is 9.87. The summed E-state index contributed by atoms with van der Waals surface area (Å²) in [6.07, 6.45) is 1.87. The van der Waals surface area contributed by atoms with E-state index >= 15 is 0 Å². The number of piperazine rings is 1. The number of hydrogen-bond acceptors (Lipinski definition) is 4. The fraction of sp³-hybridized carbons (Fsp3) is 0.333. The molecule has 1 aliphatic rings. The lowest BCUT2D eigenvalue weighted by Crippen LogP contribution is -2.43. The van der Waals surface area contributed by atoms with Crippen molar-refractivity contribution in [1.29, 1.82) is 0 Å². The largest absolute Gasteiger partial charge is 0.367 e. The van der Waals surface area contributed by atoms with Gasteiger partial charge in [0, 0.05) is 31.6 Å². The van der Waals surface area contributed by atoms with E-state index in [1.807, 2.05) is 18.3 Å². The Bertz CT molecular complexity index is 495. The third-order valence-corrected chi connectivity index (χ3v) is 2.98. The molecule has 2 aromatic rings. The lowest BCUT2D eigenvalue weighted by molar-refractivity contribution is 0.589. The molecule has 0 aliphatic carbocycles. The van der Waals surface area contributed by atoms with Crippen LogP contribution in [0.25, 0.3) is 10.9 Å². The molecule has 0 spiro atoms. The van der Waals surface area contributed by atoms with Gasteiger partial charge < -0.3 is 10.2 Å². The minimum Gasteiger partial charge on any atom is -0.367 e. The van der Waals surface area contributed by atoms with E-state index in [0.29, 0.717) is 0 Å². The van der Waals surface area contributed by atoms with E-state index in [2.05, 4.69) is 32.5 Å². The van der Waals surface area contributed by atoms with E-state index in [1.54, 1.807) is 0 Å². The average Bonchev–Trinajstić information content (AvgIpc) is 2.39. The molecule has 1 aromatic heterocycles. The molecule has 1 aliphatic heterocycles. The number of nitrogens with one attached hydrogen (secondary N) is 1. The first-order valence-corrected chi connectivity index (χ1v) is 5.61. The molecule has 1 fully saturated rings. The van der Waals surface area contributed by atoms with Crippen molar-refractivity contribution in [3.05, 3.63) is 30.5 Å². The summed E-state index contributed by atoms with van der Waals surface area (Å²) in [5.41, 5.74) is 2.17. The van der Waals surface area contributed by atoms with Crippen molar-refractivity contribution in [2.24, 2.45) is 0 Å². The average molecular weight is 287 g/mol. The molecule has 0 atom stereocenters. The highest BCUT2D eigenvalue weighted by Crippen LogP contribution is 2.23. The molecule has 98 valence electrons. The summed E-state index contributed by atoms with van der Waals surface area (Å²) >= 11 is 0. The van der Waals surface area contributed by atoms with Crippen molar-refractivity contribution in [2.75, 3.05) is 31.1 Å². The van der Waals surface area contributed by atoms with Crippen molar-refractivity contribution in [2.45, 2.75) is 0 Å². The summed E-state index contributed by atoms with van der Waals surface area (Å²) < 4.78 is 0. The smallest absolute Gasteiger partial charge is 0.0950 e. The topological polar surface area (TPSA) is 41.0 Å². The van der Waals surface area contributed by atoms with Crippen molar-refractivity contribution in [3.63, 3.8) is 0 Å². The predicted octanol–water partition coefficient (Wildman–Crippen LogP) is 1.88. The Labute approximate surface area is 119 Å². The number of nitrogens with zero attached hydrogens (tertiary/aromatic N) is 3. The van der Waals surface area contributed by atoms with Gasteiger partial charge in [-0.05, 0) is 6.07 Å². The Kier molecular flexibility index (Phi) is 5.59. The molecule has 2 heterocycles. The lowest BCUT2D eigenvalue weighted by Gasteiger charge is -2.29. The first kappa shape index (κ1) is 15.0. The molecule has 0 saturated carbocycles. The number of rotatable bonds is 1. The third kappa shape index (κ3) is 2.83. The first-order valence-electron chi connectivity index (χ1n) is 5.61. The highest BCUT2D eigenvalue weighted by molar-refractivity contribution is 5.90. The van der Waals surface area contributed by atoms with Crippen LogP contribution in [-0.4, -0.2) is 36.4 Å². The van der Waals surface area contributed by atoms with Crippen LogP contribution in [0.5, 0.6) is 0 Å². The second-order valence-corrected chi connectivity index (χ2v) is 3.98. The van der Waals surface area contributed by atoms with E-state index < -0.39 is 0 Å². The van der Waals surface area contributed by atoms with Gasteiger partial charge in [-0.1, -0.05) is 18.2 Å². The molecule has 6 heteroatoms. The Hall–Kier alpha value is -1.10. The van der Waals surface area contributed by atoms with Crippen LogP contribution in [0.1, 0.15) is 0 Å². The van der Waals surface area contributed by atoms with Crippen LogP contribution in [-0.2, 0) is 0 Å². The standard InChI is InChI=1S/C12H14N4.2ClH/c1-2-4-11-10(3-1)12(9-14-15-11)16-7-5-13-6-8-16;;/h1-4,9,13H,5-8H2;2*1H. The van der Waals surface area contributed by atoms with Crippen molar-refractivity contribution in [1.82, 2.24) is 15.5 Å². The molecular weight excluding hydrogens is 271 g/mol. The van der Waals surface area contributed by atoms with Gasteiger partial charge >= 0.3 is 0 Å². The highest BCUT2D eigenvalue weighted by Gasteiger charge is 2.13. The Morgan fingerprint density at radius 2 is 1.78 bits per heavy atom. The van der Waals surface area contributed by atoms with E-state index in [0.717, 1.165) is 31.7 Å². The monoisotopic (exact) mass is 286 g/mol. The lowest BCUT2D eigenvalue weighted by atomic mass is 10.2. The van der Waals surface area contributed by atoms with E-state index in [9.17, 15) is 0 Å². The minimum absolute atomic E-state index is 0. The summed E-state index contributed by atoms with van der Waals surface area (Å²) in [4.78, 5) is 2.37. The summed E-state index contributed by atoms with van der Waals surface area (Å²) in [5.74, 6) is 0. The number of fused-ring (bicyclic) bond motifs is 1. The first-order chi connectivity index (χ1) is 7.95. The maximum atomic E-state index is 4.14. The summed E-state index contributed by atoms with van der Waals surface area (Å²) in [7, 11) is 0. The van der Waals surface area contributed by atoms with Crippen LogP contribution in [0, 0.1) is 0 Å². The molecule has 0 bridgehead atoms. The van der Waals surface area contributed by atoms with Gasteiger partial charge in [-0.2, -0.15) is 10.2 Å². The maximum absolute atomic E-state index is 4.14. The van der Waals surface area contributed by atoms with Crippen LogP contribution in [0.2, 0.25) is 0 Å². The molecule has 1 saturated heterocycles. The van der Waals surface area contributed by atoms with Crippen molar-refractivity contribution < 1.29 is 0 Å². The number of hydrogen-bond donors (Lipinski definition) is 1. The predicted molar refractivity (Wildman–Crippen MR) is 79.1 cm³/mol. The van der Waals surface area contributed by atoms with Crippen LogP contribution in [0.4, 0.5) is 5.69 Å². The number of aromatic nitrogens is 2. The van der Waals surface area contributed by atoms with Crippen LogP contribution in [0.3, 0.4) is 0 Å². The molecule has 4 nitrogen and oxygen atoms in total. The maximum Gasteiger partial charge on any atom is 0.0950 e. The van der Waals surface area contributed by atoms with Gasteiger partial charge in [0.05, 0.1) is 17.4 Å². The fourth-order valence-electron chi connectivity index (χ4n) is 2.15. The molecule has 3 rings (SSSR count). The summed E-state index contributed by atoms with van der Waals surface area (Å²) in [6.45, 7) is 4.15. The second kappa shape index (κ2) is 6.73. The number of benzene rings is 1. The molecule has 1 aromatic carbocycles. The van der Waals surface area contributed by atoms with Crippen molar-refractivity contribution >= 4 is 41.4 Å². The zero-order chi connectivity index (χ0) is 10.8. The van der Waals surface area contributed by atoms with E-state index in [4.69, 9.17) is 0 Å². The minimum atomic E-state index is 0. The SMILES string of the molecule is Cl.Cl.c1ccc2c(N3CCNCC3)cnnc2c1. The van der Waals surface area contributed by atoms with Gasteiger partial charge in [0.15, 0.2) is 0 Å². The zero-order valence-corrected chi connectivity index (χ0v) is 11.5. The number of halogens is 2. The Morgan fingerprint density at radius 3 is 2.56 bits per heavy atom. The van der Waals surface area contributed by atoms with Gasteiger partial charge in [0.1, 0.15) is 0 Å². The Balaban J connectivity index is 0.000000810. The van der Waals surface area contributed by atoms with Crippen molar-refractivity contribution in [3.8, 4) is 0 Å². The van der Waals surface area contributed by atoms with Crippen LogP contribution < -0.4 is 10.2 Å². The normalized spacial score (nSPS) is 14.8. The molecule has 0 unspecified atom stereocenters. The summed E-state index contributed by atoms with van der Waals surface area (Å²) in [6, 6.07) is 8.17. The van der Waals surface area contributed by atoms with Gasteiger partial charge in [0.2, 0.25) is 0 Å². The molecule has 18 heavy (non-hydrogen) atoms. The van der Waals surface area contributed by atoms with Gasteiger partial charge in [-0.25, -0.2) is 0 Å². The van der Waals surface area contributed by atoms with Gasteiger partial charge in [-0.15, -0.1) is 24.8 Å². The molecular formula is C12H16Cl2N4. The third-order valence-electron chi connectivity index (χ3n) is 2.98. The van der Waals surface area contributed by atoms with E-state index in [-0.39, 0.29) is 24.8 Å². The van der Waals surface area contributed by atoms with Crippen LogP contribution >= 0.6 is 24.8 Å².